The normalized spacial score (nSPS) is 20.8. The van der Waals surface area contributed by atoms with Gasteiger partial charge >= 0.3 is 18.0 Å². The van der Waals surface area contributed by atoms with Crippen molar-refractivity contribution in [1.29, 1.82) is 0 Å². The van der Waals surface area contributed by atoms with E-state index in [0.29, 0.717) is 27.9 Å². The molecule has 29 heteroatoms. The number of hydrogen-bond acceptors (Lipinski definition) is 16. The van der Waals surface area contributed by atoms with Crippen molar-refractivity contribution in [3.63, 3.8) is 0 Å². The molecule has 3 aromatic carbocycles. The molecule has 0 bridgehead atoms. The van der Waals surface area contributed by atoms with Crippen LogP contribution in [0.1, 0.15) is 111 Å². The van der Waals surface area contributed by atoms with Crippen LogP contribution in [0.25, 0.3) is 22.0 Å². The average molecular weight is 1650 g/mol. The number of nitrogens with zero attached hydrogens (tertiary/aromatic N) is 1. The number of amides is 8. The van der Waals surface area contributed by atoms with Crippen LogP contribution in [0.4, 0.5) is 4.79 Å². The Hall–Kier alpha value is -8.90. The average Bonchev–Trinajstić information content (AvgIpc) is 1.60. The number of aliphatic carboxylic acids is 1. The minimum absolute atomic E-state index is 0. The van der Waals surface area contributed by atoms with Gasteiger partial charge in [-0.25, -0.2) is 9.59 Å². The zero-order chi connectivity index (χ0) is 71.5. The summed E-state index contributed by atoms with van der Waals surface area (Å²) in [5, 5.41) is 39.7. The summed E-state index contributed by atoms with van der Waals surface area (Å²) in [6, 6.07) is 13.6. The molecule has 7 rings (SSSR count). The summed E-state index contributed by atoms with van der Waals surface area (Å²) >= 11 is 0.992. The molecular formula is C69H97FmN9O16SSi2. The molecule has 4 aromatic rings. The van der Waals surface area contributed by atoms with Crippen LogP contribution in [0.3, 0.4) is 0 Å². The van der Waals surface area contributed by atoms with Gasteiger partial charge in [-0.3, -0.25) is 38.4 Å². The molecule has 1 saturated heterocycles. The number of alkyl carbamates (subject to hydrolysis) is 1. The Bertz CT molecular complexity index is 3550. The number of carboxylic acid groups (broad SMARTS) is 1. The third-order valence-corrected chi connectivity index (χ3v) is 29.5. The molecule has 3 aliphatic rings. The number of H-pyrrole nitrogens is 1. The van der Waals surface area contributed by atoms with Gasteiger partial charge in [0.2, 0.25) is 41.4 Å². The number of hydrogen-bond donors (Lipinski definition) is 10. The van der Waals surface area contributed by atoms with E-state index in [-0.39, 0.29) is 47.8 Å². The number of aliphatic hydroxyl groups excluding tert-OH is 1. The van der Waals surface area contributed by atoms with Gasteiger partial charge in [0, 0.05) is 47.9 Å². The summed E-state index contributed by atoms with van der Waals surface area (Å²) in [4.78, 5) is 147. The van der Waals surface area contributed by atoms with Gasteiger partial charge < -0.3 is 75.6 Å². The number of thioether (sulfide) groups is 1. The van der Waals surface area contributed by atoms with Gasteiger partial charge in [0.25, 0.3) is 0 Å². The number of fused-ring (bicyclic) bond motifs is 6. The van der Waals surface area contributed by atoms with E-state index < -0.39 is 162 Å². The maximum atomic E-state index is 15.8. The monoisotopic (exact) mass is 1650 g/mol. The smallest absolute Gasteiger partial charge is 0.407 e. The molecule has 2 aliphatic heterocycles. The van der Waals surface area contributed by atoms with E-state index >= 15 is 9.59 Å². The van der Waals surface area contributed by atoms with E-state index in [1.807, 2.05) is 48.5 Å². The number of allylic oxidation sites excluding steroid dienone is 1. The van der Waals surface area contributed by atoms with Crippen LogP contribution < -0.4 is 37.2 Å². The third kappa shape index (κ3) is 19.3. The summed E-state index contributed by atoms with van der Waals surface area (Å²) in [5.41, 5.74) is 4.90. The number of likely N-dealkylation sites (tertiary alicyclic amines) is 1. The molecule has 1 aliphatic carbocycles. The van der Waals surface area contributed by atoms with E-state index in [1.54, 1.807) is 52.0 Å². The Morgan fingerprint density at radius 2 is 1.40 bits per heavy atom. The first-order valence-electron chi connectivity index (χ1n) is 33.0. The molecule has 98 heavy (non-hydrogen) atoms. The standard InChI is InChI=1S/C69H97N9O16SSi2.Fm/c1-15-29-91-57(82)32-51(65(87)78-35-41(79)30-53(78)66(88)89)74-61(84)52-38-95-64-47(46-27-21-22-28-49(46)75-64)31-50(60(83)70-34-56(81)76-58(39(3)16-2)62(85)71-33-55(80)72-52)73-63(86)59(40(4)54(94-97(13,14)69(8,9)10)37-93-96(11,12)68(5,6)7)77-67(90)92-36-48-44-25-19-17-23-42(44)43-24-18-20-26-45(43)48;/h15,17-29,39-41,48,50-54,58-59,75,79H,16,30-38H2,1-14H3,(H,70,83)(H,71,85)(H,72,80)(H,73,86)(H,74,84)(H,76,81)(H,77,90)(H,88,89);/b29-15+;/t39-,40-,41+,50-,51-,52-,53-,54-,58-,59-;/m0./s1. The number of aliphatic hydroxyl groups is 1. The maximum Gasteiger partial charge on any atom is 0.407 e. The first-order chi connectivity index (χ1) is 45.6. The number of carboxylic acids is 1. The van der Waals surface area contributed by atoms with Crippen molar-refractivity contribution in [3.8, 4) is 11.1 Å². The van der Waals surface area contributed by atoms with Gasteiger partial charge in [-0.15, -0.1) is 11.8 Å². The Kier molecular flexibility index (Phi) is 26.4. The van der Waals surface area contributed by atoms with E-state index in [2.05, 4.69) is 110 Å². The van der Waals surface area contributed by atoms with E-state index in [0.717, 1.165) is 45.2 Å². The fourth-order valence-electron chi connectivity index (χ4n) is 11.4. The molecule has 1 fully saturated rings. The number of nitrogens with one attached hydrogen (secondary N) is 8. The predicted molar refractivity (Wildman–Crippen MR) is 372 cm³/mol. The van der Waals surface area contributed by atoms with Crippen molar-refractivity contribution in [3.05, 3.63) is 102 Å². The zero-order valence-electron chi connectivity index (χ0n) is 58.3. The second-order valence-corrected chi connectivity index (χ2v) is 38.9. The van der Waals surface area contributed by atoms with Crippen LogP contribution in [-0.4, -0.2) is 183 Å². The van der Waals surface area contributed by atoms with Crippen molar-refractivity contribution in [2.24, 2.45) is 11.8 Å². The minimum atomic E-state index is -2.72. The first kappa shape index (κ1) is 78.1. The Balaban J connectivity index is 0.0000152. The molecule has 10 atom stereocenters. The number of aromatic amines is 1. The summed E-state index contributed by atoms with van der Waals surface area (Å²) in [7, 11) is -5.24. The molecule has 10 N–H and O–H groups in total. The van der Waals surface area contributed by atoms with Crippen LogP contribution in [0.5, 0.6) is 0 Å². The number of carbonyl (C=O) groups excluding carboxylic acids is 9. The number of aromatic nitrogens is 1. The predicted octanol–water partition coefficient (Wildman–Crippen LogP) is 6.50. The molecule has 8 amide bonds. The summed E-state index contributed by atoms with van der Waals surface area (Å²) in [6.45, 7) is 25.9. The molecule has 0 spiro atoms. The fourth-order valence-corrected chi connectivity index (χ4v) is 14.9. The van der Waals surface area contributed by atoms with E-state index in [4.69, 9.17) is 18.3 Å². The van der Waals surface area contributed by atoms with Crippen LogP contribution in [0.15, 0.2) is 90.2 Å². The SMILES string of the molecule is C/C=C/OC(=O)C[C@H](NC(=O)[C@@H]1CSc2[nH]c3ccccc3c2C[C@H](NC(=O)[C@@H](NC(=O)OCC2c3ccccc3-c3ccccc32)[C@@H](C)[C@H](CO[Si](C)(C)C(C)(C)C)O[Si](C)(C)C(C)(C)C)C(=O)NCC(=O)N[C@@H]([C@@H](C)CC)C(=O)NCC(=O)N1)C(=O)N1C[C@H](O)C[C@H]1C(=O)O.[Fm]. The minimum Gasteiger partial charge on any atom is -0.480 e. The number of β-amino-alcohol motifs (C(OH)–C–C–N with tert-alkyl or cyclic N) is 1. The summed E-state index contributed by atoms with van der Waals surface area (Å²) in [6.07, 6.45) is -1.62. The molecule has 25 nitrogen and oxygen atoms in total. The Morgan fingerprint density at radius 1 is 0.806 bits per heavy atom. The van der Waals surface area contributed by atoms with E-state index in [1.165, 1.54) is 6.08 Å². The molecular weight excluding hydrogens is 1560 g/mol. The number of para-hydroxylation sites is 1. The van der Waals surface area contributed by atoms with Gasteiger partial charge in [-0.2, -0.15) is 0 Å². The van der Waals surface area contributed by atoms with Crippen LogP contribution in [0, 0.1) is 11.8 Å². The van der Waals surface area contributed by atoms with Gasteiger partial charge in [-0.1, -0.05) is 142 Å². The fraction of sp³-hybridized carbons (Fsp3) is 0.536. The second-order valence-electron chi connectivity index (χ2n) is 28.3. The number of carbonyl (C=O) groups is 10. The maximum absolute atomic E-state index is 15.8. The van der Waals surface area contributed by atoms with Crippen molar-refractivity contribution in [2.75, 3.05) is 38.6 Å². The first-order valence-corrected chi connectivity index (χ1v) is 39.8. The van der Waals surface area contributed by atoms with Crippen molar-refractivity contribution < 1.29 is 76.5 Å². The second kappa shape index (κ2) is 33.1. The number of rotatable bonds is 21. The van der Waals surface area contributed by atoms with Crippen molar-refractivity contribution in [2.45, 2.75) is 191 Å². The van der Waals surface area contributed by atoms with E-state index in [9.17, 15) is 48.6 Å². The molecule has 0 saturated carbocycles. The zero-order valence-corrected chi connectivity index (χ0v) is 63.5. The number of esters is 1. The summed E-state index contributed by atoms with van der Waals surface area (Å²) < 4.78 is 25.3. The molecule has 3 heterocycles. The molecule has 1 aromatic heterocycles. The van der Waals surface area contributed by atoms with Crippen molar-refractivity contribution in [1.82, 2.24) is 47.1 Å². The number of ether oxygens (including phenoxy) is 2. The van der Waals surface area contributed by atoms with Gasteiger partial charge in [0.15, 0.2) is 16.6 Å². The van der Waals surface area contributed by atoms with Gasteiger partial charge in [-0.05, 0) is 83.0 Å². The Labute approximate surface area is 573 Å². The van der Waals surface area contributed by atoms with Crippen LogP contribution in [-0.2, 0) is 67.9 Å². The topological polar surface area (TPSA) is 351 Å². The number of benzene rings is 3. The van der Waals surface area contributed by atoms with Gasteiger partial charge in [0.1, 0.15) is 42.9 Å². The Morgan fingerprint density at radius 3 is 2.00 bits per heavy atom. The van der Waals surface area contributed by atoms with Crippen molar-refractivity contribution >= 4 is 98.7 Å². The molecule has 0 unspecified atom stereocenters. The largest absolute Gasteiger partial charge is 0.480 e. The van der Waals surface area contributed by atoms with Gasteiger partial charge in [0.05, 0.1) is 49.6 Å². The van der Waals surface area contributed by atoms with Crippen LogP contribution >= 0.6 is 11.8 Å². The summed E-state index contributed by atoms with van der Waals surface area (Å²) in [5.74, 6) is -10.7. The van der Waals surface area contributed by atoms with Crippen LogP contribution in [0.2, 0.25) is 36.3 Å². The third-order valence-electron chi connectivity index (χ3n) is 19.4. The quantitative estimate of drug-likeness (QED) is 0.0242. The molecule has 0 radical (unpaired) electrons. The molecule has 540 valence electrons.